The van der Waals surface area contributed by atoms with Crippen LogP contribution in [-0.2, 0) is 11.8 Å². The largest absolute Gasteiger partial charge is 0.480 e. The second-order valence-corrected chi connectivity index (χ2v) is 4.66. The number of carbonyl (C=O) groups excluding carboxylic acids is 1. The first-order valence-electron chi connectivity index (χ1n) is 6.53. The van der Waals surface area contributed by atoms with E-state index in [4.69, 9.17) is 4.74 Å². The molecule has 0 aliphatic rings. The predicted octanol–water partition coefficient (Wildman–Crippen LogP) is 0.693. The summed E-state index contributed by atoms with van der Waals surface area (Å²) < 4.78 is 7.18. The van der Waals surface area contributed by atoms with E-state index in [1.54, 1.807) is 4.68 Å². The van der Waals surface area contributed by atoms with E-state index in [9.17, 15) is 9.90 Å². The highest BCUT2D eigenvalue weighted by Gasteiger charge is 2.13. The summed E-state index contributed by atoms with van der Waals surface area (Å²) in [7, 11) is 1.83. The normalized spacial score (nSPS) is 12.3. The third kappa shape index (κ3) is 4.55. The molecule has 1 unspecified atom stereocenters. The van der Waals surface area contributed by atoms with Crippen molar-refractivity contribution >= 4 is 5.91 Å². The number of aliphatic hydroxyl groups excluding tert-OH is 1. The van der Waals surface area contributed by atoms with E-state index in [2.05, 4.69) is 10.4 Å². The summed E-state index contributed by atoms with van der Waals surface area (Å²) in [5.74, 6) is 0.407. The van der Waals surface area contributed by atoms with Gasteiger partial charge in [-0.1, -0.05) is 13.3 Å². The van der Waals surface area contributed by atoms with Crippen molar-refractivity contribution in [2.75, 3.05) is 13.2 Å². The third-order valence-electron chi connectivity index (χ3n) is 2.95. The fraction of sp³-hybridized carbons (Fsp3) is 0.692. The zero-order valence-corrected chi connectivity index (χ0v) is 12.1. The Balaban J connectivity index is 2.38. The molecule has 1 amide bonds. The van der Waals surface area contributed by atoms with Crippen LogP contribution in [0.3, 0.4) is 0 Å². The van der Waals surface area contributed by atoms with Gasteiger partial charge in [0.2, 0.25) is 0 Å². The number of amides is 1. The van der Waals surface area contributed by atoms with Gasteiger partial charge in [-0.15, -0.1) is 0 Å². The van der Waals surface area contributed by atoms with Crippen molar-refractivity contribution in [3.8, 4) is 5.75 Å². The number of nitrogens with one attached hydrogen (secondary N) is 1. The Morgan fingerprint density at radius 3 is 2.74 bits per heavy atom. The quantitative estimate of drug-likeness (QED) is 0.763. The average molecular weight is 269 g/mol. The molecule has 19 heavy (non-hydrogen) atoms. The van der Waals surface area contributed by atoms with Crippen molar-refractivity contribution in [2.45, 2.75) is 39.7 Å². The smallest absolute Gasteiger partial charge is 0.258 e. The van der Waals surface area contributed by atoms with Gasteiger partial charge in [0, 0.05) is 13.6 Å². The van der Waals surface area contributed by atoms with Crippen molar-refractivity contribution in [3.05, 3.63) is 11.4 Å². The molecular formula is C13H23N3O3. The molecule has 0 bridgehead atoms. The lowest BCUT2D eigenvalue weighted by Crippen LogP contribution is -2.35. The van der Waals surface area contributed by atoms with E-state index in [-0.39, 0.29) is 19.1 Å². The number of aliphatic hydroxyl groups is 1. The van der Waals surface area contributed by atoms with Crippen molar-refractivity contribution in [1.29, 1.82) is 0 Å². The molecule has 2 N–H and O–H groups in total. The van der Waals surface area contributed by atoms with Crippen LogP contribution in [0.5, 0.6) is 5.75 Å². The first-order chi connectivity index (χ1) is 8.95. The Labute approximate surface area is 113 Å². The highest BCUT2D eigenvalue weighted by atomic mass is 16.5. The number of rotatable bonds is 7. The molecule has 108 valence electrons. The zero-order chi connectivity index (χ0) is 14.4. The molecule has 1 aromatic heterocycles. The summed E-state index contributed by atoms with van der Waals surface area (Å²) in [5, 5.41) is 16.4. The van der Waals surface area contributed by atoms with Gasteiger partial charge in [-0.25, -0.2) is 0 Å². The maximum atomic E-state index is 11.6. The van der Waals surface area contributed by atoms with E-state index >= 15 is 0 Å². The molecule has 6 nitrogen and oxygen atoms in total. The summed E-state index contributed by atoms with van der Waals surface area (Å²) in [6.07, 6.45) is 1.08. The van der Waals surface area contributed by atoms with Gasteiger partial charge in [0.25, 0.3) is 5.91 Å². The Morgan fingerprint density at radius 1 is 1.53 bits per heavy atom. The monoisotopic (exact) mass is 269 g/mol. The minimum absolute atomic E-state index is 0.0633. The maximum absolute atomic E-state index is 11.6. The van der Waals surface area contributed by atoms with Crippen molar-refractivity contribution < 1.29 is 14.6 Å². The number of carbonyl (C=O) groups is 1. The molecule has 0 aliphatic carbocycles. The number of aromatic nitrogens is 2. The number of hydrogen-bond acceptors (Lipinski definition) is 4. The maximum Gasteiger partial charge on any atom is 0.258 e. The Bertz CT molecular complexity index is 429. The molecule has 1 atom stereocenters. The van der Waals surface area contributed by atoms with Crippen molar-refractivity contribution in [1.82, 2.24) is 15.1 Å². The van der Waals surface area contributed by atoms with E-state index in [0.29, 0.717) is 12.2 Å². The zero-order valence-electron chi connectivity index (χ0n) is 12.1. The van der Waals surface area contributed by atoms with E-state index in [0.717, 1.165) is 17.8 Å². The second-order valence-electron chi connectivity index (χ2n) is 4.66. The van der Waals surface area contributed by atoms with Crippen LogP contribution in [0.4, 0.5) is 0 Å². The molecular weight excluding hydrogens is 246 g/mol. The molecule has 6 heteroatoms. The summed E-state index contributed by atoms with van der Waals surface area (Å²) in [4.78, 5) is 11.6. The molecule has 1 aromatic rings. The summed E-state index contributed by atoms with van der Waals surface area (Å²) in [6, 6.07) is 0. The number of hydrogen-bond donors (Lipinski definition) is 2. The number of ether oxygens (including phenoxy) is 1. The van der Waals surface area contributed by atoms with Crippen LogP contribution < -0.4 is 10.1 Å². The van der Waals surface area contributed by atoms with E-state index < -0.39 is 6.10 Å². The Morgan fingerprint density at radius 2 is 2.21 bits per heavy atom. The topological polar surface area (TPSA) is 76.4 Å². The Hall–Kier alpha value is -1.56. The van der Waals surface area contributed by atoms with Gasteiger partial charge in [-0.3, -0.25) is 9.48 Å². The van der Waals surface area contributed by atoms with Gasteiger partial charge in [-0.2, -0.15) is 5.10 Å². The highest BCUT2D eigenvalue weighted by molar-refractivity contribution is 5.77. The fourth-order valence-electron chi connectivity index (χ4n) is 1.82. The lowest BCUT2D eigenvalue weighted by Gasteiger charge is -2.11. The molecule has 0 radical (unpaired) electrons. The van der Waals surface area contributed by atoms with Crippen LogP contribution in [0.2, 0.25) is 0 Å². The van der Waals surface area contributed by atoms with Crippen LogP contribution in [0.1, 0.15) is 31.2 Å². The minimum atomic E-state index is -0.490. The standard InChI is InChI=1S/C13H23N3O3/c1-5-6-11(17)7-14-12(18)8-19-13-9(2)15-16(4)10(13)3/h11,17H,5-8H2,1-4H3,(H,14,18). The molecule has 1 heterocycles. The molecule has 0 saturated heterocycles. The van der Waals surface area contributed by atoms with E-state index in [1.807, 2.05) is 27.8 Å². The van der Waals surface area contributed by atoms with Gasteiger partial charge >= 0.3 is 0 Å². The minimum Gasteiger partial charge on any atom is -0.480 e. The predicted molar refractivity (Wildman–Crippen MR) is 72.1 cm³/mol. The van der Waals surface area contributed by atoms with Gasteiger partial charge in [-0.05, 0) is 20.3 Å². The van der Waals surface area contributed by atoms with Gasteiger partial charge < -0.3 is 15.2 Å². The first-order valence-corrected chi connectivity index (χ1v) is 6.53. The van der Waals surface area contributed by atoms with Crippen LogP contribution in [0.25, 0.3) is 0 Å². The van der Waals surface area contributed by atoms with Gasteiger partial charge in [0.05, 0.1) is 11.8 Å². The highest BCUT2D eigenvalue weighted by Crippen LogP contribution is 2.20. The molecule has 0 saturated carbocycles. The SMILES string of the molecule is CCCC(O)CNC(=O)COc1c(C)nn(C)c1C. The molecule has 0 aromatic carbocycles. The summed E-state index contributed by atoms with van der Waals surface area (Å²) in [6.45, 7) is 5.92. The molecule has 1 rings (SSSR count). The Kier molecular flexibility index (Phi) is 5.82. The first kappa shape index (κ1) is 15.5. The van der Waals surface area contributed by atoms with Crippen LogP contribution in [0, 0.1) is 13.8 Å². The van der Waals surface area contributed by atoms with Crippen molar-refractivity contribution in [2.24, 2.45) is 7.05 Å². The summed E-state index contributed by atoms with van der Waals surface area (Å²) in [5.41, 5.74) is 1.65. The third-order valence-corrected chi connectivity index (χ3v) is 2.95. The summed E-state index contributed by atoms with van der Waals surface area (Å²) >= 11 is 0. The van der Waals surface area contributed by atoms with Crippen molar-refractivity contribution in [3.63, 3.8) is 0 Å². The fourth-order valence-corrected chi connectivity index (χ4v) is 1.82. The average Bonchev–Trinajstić information content (AvgIpc) is 2.59. The van der Waals surface area contributed by atoms with Crippen LogP contribution in [-0.4, -0.2) is 40.0 Å². The molecule has 0 aliphatic heterocycles. The van der Waals surface area contributed by atoms with Crippen LogP contribution in [0.15, 0.2) is 0 Å². The second kappa shape index (κ2) is 7.13. The van der Waals surface area contributed by atoms with E-state index in [1.165, 1.54) is 0 Å². The van der Waals surface area contributed by atoms with Crippen LogP contribution >= 0.6 is 0 Å². The van der Waals surface area contributed by atoms with Gasteiger partial charge in [0.1, 0.15) is 5.69 Å². The molecule has 0 fully saturated rings. The van der Waals surface area contributed by atoms with Gasteiger partial charge in [0.15, 0.2) is 12.4 Å². The lowest BCUT2D eigenvalue weighted by molar-refractivity contribution is -0.123. The number of aryl methyl sites for hydroxylation is 2. The number of nitrogens with zero attached hydrogens (tertiary/aromatic N) is 2. The lowest BCUT2D eigenvalue weighted by atomic mass is 10.2. The molecule has 0 spiro atoms.